The summed E-state index contributed by atoms with van der Waals surface area (Å²) in [6, 6.07) is 8.45. The fourth-order valence-electron chi connectivity index (χ4n) is 1.67. The fourth-order valence-corrected chi connectivity index (χ4v) is 1.89. The molecule has 0 aliphatic rings. The highest BCUT2D eigenvalue weighted by Gasteiger charge is 2.30. The number of alkyl halides is 3. The monoisotopic (exact) mass is 300 g/mol. The molecule has 0 amide bonds. The van der Waals surface area contributed by atoms with Crippen LogP contribution in [0.4, 0.5) is 30.2 Å². The first-order chi connectivity index (χ1) is 9.27. The van der Waals surface area contributed by atoms with Gasteiger partial charge in [-0.15, -0.1) is 0 Å². The van der Waals surface area contributed by atoms with Crippen LogP contribution in [0, 0.1) is 6.92 Å². The Morgan fingerprint density at radius 2 is 1.80 bits per heavy atom. The van der Waals surface area contributed by atoms with Crippen LogP contribution in [-0.2, 0) is 6.18 Å². The van der Waals surface area contributed by atoms with E-state index in [1.807, 2.05) is 13.0 Å². The van der Waals surface area contributed by atoms with Crippen molar-refractivity contribution < 1.29 is 13.2 Å². The lowest BCUT2D eigenvalue weighted by Gasteiger charge is -2.12. The zero-order valence-electron chi connectivity index (χ0n) is 10.6. The minimum atomic E-state index is -4.41. The summed E-state index contributed by atoms with van der Waals surface area (Å²) < 4.78 is 37.6. The van der Waals surface area contributed by atoms with E-state index in [2.05, 4.69) is 5.32 Å². The van der Waals surface area contributed by atoms with Crippen molar-refractivity contribution in [1.82, 2.24) is 0 Å². The van der Waals surface area contributed by atoms with Gasteiger partial charge in [-0.05, 0) is 42.8 Å². The molecule has 2 aromatic carbocycles. The minimum Gasteiger partial charge on any atom is -0.398 e. The zero-order chi connectivity index (χ0) is 14.9. The molecule has 0 aliphatic heterocycles. The first-order valence-corrected chi connectivity index (χ1v) is 6.15. The molecule has 0 bridgehead atoms. The van der Waals surface area contributed by atoms with Crippen LogP contribution in [0.1, 0.15) is 11.1 Å². The number of hydrogen-bond donors (Lipinski definition) is 2. The third kappa shape index (κ3) is 3.17. The molecule has 0 radical (unpaired) electrons. The summed E-state index contributed by atoms with van der Waals surface area (Å²) in [5, 5.41) is 2.94. The van der Waals surface area contributed by atoms with Crippen molar-refractivity contribution in [2.45, 2.75) is 13.1 Å². The molecular formula is C14H12ClF3N2. The second-order valence-corrected chi connectivity index (χ2v) is 4.80. The summed E-state index contributed by atoms with van der Waals surface area (Å²) in [5.74, 6) is 0. The van der Waals surface area contributed by atoms with Gasteiger partial charge >= 0.3 is 6.18 Å². The van der Waals surface area contributed by atoms with Crippen LogP contribution in [0.5, 0.6) is 0 Å². The molecule has 0 heterocycles. The zero-order valence-corrected chi connectivity index (χ0v) is 11.3. The third-order valence-electron chi connectivity index (χ3n) is 2.85. The van der Waals surface area contributed by atoms with Crippen LogP contribution in [0.25, 0.3) is 0 Å². The lowest BCUT2D eigenvalue weighted by molar-refractivity contribution is -0.137. The number of benzene rings is 2. The van der Waals surface area contributed by atoms with Gasteiger partial charge in [-0.1, -0.05) is 17.7 Å². The summed E-state index contributed by atoms with van der Waals surface area (Å²) in [4.78, 5) is 0. The molecule has 0 unspecified atom stereocenters. The van der Waals surface area contributed by atoms with Gasteiger partial charge < -0.3 is 11.1 Å². The van der Waals surface area contributed by atoms with Crippen molar-refractivity contribution in [2.24, 2.45) is 0 Å². The number of anilines is 3. The van der Waals surface area contributed by atoms with Crippen molar-refractivity contribution in [3.63, 3.8) is 0 Å². The van der Waals surface area contributed by atoms with E-state index in [9.17, 15) is 13.2 Å². The molecule has 106 valence electrons. The first kappa shape index (κ1) is 14.5. The van der Waals surface area contributed by atoms with Crippen molar-refractivity contribution in [3.8, 4) is 0 Å². The van der Waals surface area contributed by atoms with Crippen molar-refractivity contribution in [3.05, 3.63) is 52.5 Å². The average molecular weight is 301 g/mol. The lowest BCUT2D eigenvalue weighted by Crippen LogP contribution is -2.05. The Bertz CT molecular complexity index is 639. The summed E-state index contributed by atoms with van der Waals surface area (Å²) in [6.45, 7) is 1.87. The Hall–Kier alpha value is -1.88. The number of nitrogens with two attached hydrogens (primary N) is 1. The van der Waals surface area contributed by atoms with Crippen LogP contribution in [-0.4, -0.2) is 0 Å². The lowest BCUT2D eigenvalue weighted by atomic mass is 10.1. The fraction of sp³-hybridized carbons (Fsp3) is 0.143. The van der Waals surface area contributed by atoms with Gasteiger partial charge in [-0.25, -0.2) is 0 Å². The summed E-state index contributed by atoms with van der Waals surface area (Å²) >= 11 is 5.86. The van der Waals surface area contributed by atoms with Crippen LogP contribution in [0.3, 0.4) is 0 Å². The van der Waals surface area contributed by atoms with Gasteiger partial charge in [0, 0.05) is 11.4 Å². The standard InChI is InChI=1S/C14H12ClF3N2/c1-8-2-4-10(7-12(8)19)20-13-5-3-9(6-11(13)15)14(16,17)18/h2-7,20H,19H2,1H3. The quantitative estimate of drug-likeness (QED) is 0.767. The second-order valence-electron chi connectivity index (χ2n) is 4.39. The Kier molecular flexibility index (Phi) is 3.81. The molecule has 20 heavy (non-hydrogen) atoms. The normalized spacial score (nSPS) is 11.4. The molecule has 2 rings (SSSR count). The molecule has 2 nitrogen and oxygen atoms in total. The van der Waals surface area contributed by atoms with E-state index in [0.717, 1.165) is 17.7 Å². The highest BCUT2D eigenvalue weighted by Crippen LogP contribution is 2.35. The molecular weight excluding hydrogens is 289 g/mol. The van der Waals surface area contributed by atoms with Crippen molar-refractivity contribution in [1.29, 1.82) is 0 Å². The Labute approximate surface area is 119 Å². The minimum absolute atomic E-state index is 0.000952. The van der Waals surface area contributed by atoms with E-state index in [0.29, 0.717) is 17.1 Å². The van der Waals surface area contributed by atoms with Gasteiger partial charge in [-0.2, -0.15) is 13.2 Å². The Morgan fingerprint density at radius 3 is 2.35 bits per heavy atom. The summed E-state index contributed by atoms with van der Waals surface area (Å²) in [5.41, 5.74) is 7.56. The maximum Gasteiger partial charge on any atom is 0.416 e. The van der Waals surface area contributed by atoms with Crippen LogP contribution >= 0.6 is 11.6 Å². The number of halogens is 4. The van der Waals surface area contributed by atoms with Gasteiger partial charge in [0.15, 0.2) is 0 Å². The Balaban J connectivity index is 2.28. The maximum atomic E-state index is 12.5. The van der Waals surface area contributed by atoms with Crippen LogP contribution < -0.4 is 11.1 Å². The summed E-state index contributed by atoms with van der Waals surface area (Å²) in [7, 11) is 0. The molecule has 3 N–H and O–H groups in total. The maximum absolute atomic E-state index is 12.5. The summed E-state index contributed by atoms with van der Waals surface area (Å²) in [6.07, 6.45) is -4.41. The predicted octanol–water partition coefficient (Wildman–Crippen LogP) is 4.99. The average Bonchev–Trinajstić information content (AvgIpc) is 2.35. The molecule has 0 aromatic heterocycles. The van der Waals surface area contributed by atoms with E-state index in [-0.39, 0.29) is 5.02 Å². The number of nitrogens with one attached hydrogen (secondary N) is 1. The van der Waals surface area contributed by atoms with E-state index < -0.39 is 11.7 Å². The molecule has 2 aromatic rings. The van der Waals surface area contributed by atoms with Gasteiger partial charge in [0.1, 0.15) is 0 Å². The van der Waals surface area contributed by atoms with Gasteiger partial charge in [0.2, 0.25) is 0 Å². The molecule has 0 spiro atoms. The van der Waals surface area contributed by atoms with E-state index in [4.69, 9.17) is 17.3 Å². The van der Waals surface area contributed by atoms with E-state index in [1.165, 1.54) is 6.07 Å². The molecule has 0 fully saturated rings. The molecule has 0 saturated heterocycles. The van der Waals surface area contributed by atoms with Crippen LogP contribution in [0.2, 0.25) is 5.02 Å². The third-order valence-corrected chi connectivity index (χ3v) is 3.17. The van der Waals surface area contributed by atoms with Crippen molar-refractivity contribution in [2.75, 3.05) is 11.1 Å². The Morgan fingerprint density at radius 1 is 1.10 bits per heavy atom. The largest absolute Gasteiger partial charge is 0.416 e. The predicted molar refractivity (Wildman–Crippen MR) is 75.3 cm³/mol. The SMILES string of the molecule is Cc1ccc(Nc2ccc(C(F)(F)F)cc2Cl)cc1N. The number of nitrogen functional groups attached to an aromatic ring is 1. The number of aryl methyl sites for hydroxylation is 1. The number of rotatable bonds is 2. The van der Waals surface area contributed by atoms with Gasteiger partial charge in [-0.3, -0.25) is 0 Å². The molecule has 0 saturated carbocycles. The topological polar surface area (TPSA) is 38.0 Å². The molecule has 6 heteroatoms. The first-order valence-electron chi connectivity index (χ1n) is 5.77. The van der Waals surface area contributed by atoms with E-state index in [1.54, 1.807) is 12.1 Å². The molecule has 0 atom stereocenters. The van der Waals surface area contributed by atoms with Gasteiger partial charge in [0.05, 0.1) is 16.3 Å². The smallest absolute Gasteiger partial charge is 0.398 e. The highest BCUT2D eigenvalue weighted by molar-refractivity contribution is 6.33. The van der Waals surface area contributed by atoms with Crippen LogP contribution in [0.15, 0.2) is 36.4 Å². The van der Waals surface area contributed by atoms with Crippen molar-refractivity contribution >= 4 is 28.7 Å². The van der Waals surface area contributed by atoms with E-state index >= 15 is 0 Å². The highest BCUT2D eigenvalue weighted by atomic mass is 35.5. The van der Waals surface area contributed by atoms with Gasteiger partial charge in [0.25, 0.3) is 0 Å². The second kappa shape index (κ2) is 5.25. The number of hydrogen-bond acceptors (Lipinski definition) is 2. The molecule has 0 aliphatic carbocycles.